The number of benzene rings is 1. The molecule has 27 heavy (non-hydrogen) atoms. The minimum atomic E-state index is -0.514. The van der Waals surface area contributed by atoms with Crippen molar-refractivity contribution in [2.24, 2.45) is 5.92 Å². The number of piperidine rings is 1. The summed E-state index contributed by atoms with van der Waals surface area (Å²) >= 11 is 5.83. The second-order valence-electron chi connectivity index (χ2n) is 7.77. The van der Waals surface area contributed by atoms with Crippen molar-refractivity contribution in [3.63, 3.8) is 0 Å². The lowest BCUT2D eigenvalue weighted by molar-refractivity contribution is -0.117. The van der Waals surface area contributed by atoms with E-state index in [1.54, 1.807) is 0 Å². The first-order valence-electron chi connectivity index (χ1n) is 9.06. The summed E-state index contributed by atoms with van der Waals surface area (Å²) in [6.07, 6.45) is 1.33. The van der Waals surface area contributed by atoms with Crippen LogP contribution in [-0.4, -0.2) is 48.7 Å². The van der Waals surface area contributed by atoms with Gasteiger partial charge in [0.15, 0.2) is 0 Å². The molecule has 150 valence electrons. The number of anilines is 1. The molecule has 0 unspecified atom stereocenters. The molecule has 1 saturated heterocycles. The van der Waals surface area contributed by atoms with E-state index in [2.05, 4.69) is 10.6 Å². The van der Waals surface area contributed by atoms with Crippen molar-refractivity contribution in [3.05, 3.63) is 29.0 Å². The number of alkyl carbamates (subject to hydrolysis) is 1. The third-order valence-electron chi connectivity index (χ3n) is 4.21. The quantitative estimate of drug-likeness (QED) is 0.792. The molecule has 0 aromatic heterocycles. The molecule has 0 bridgehead atoms. The summed E-state index contributed by atoms with van der Waals surface area (Å²) in [4.78, 5) is 25.9. The molecule has 0 atom stereocenters. The Bertz CT molecular complexity index is 671. The van der Waals surface area contributed by atoms with Crippen LogP contribution in [0.1, 0.15) is 33.6 Å². The van der Waals surface area contributed by atoms with E-state index in [4.69, 9.17) is 16.3 Å². The van der Waals surface area contributed by atoms with Gasteiger partial charge in [0.1, 0.15) is 11.4 Å². The number of ether oxygens (including phenoxy) is 1. The first-order valence-corrected chi connectivity index (χ1v) is 9.44. The second kappa shape index (κ2) is 9.37. The zero-order valence-electron chi connectivity index (χ0n) is 16.0. The van der Waals surface area contributed by atoms with E-state index in [1.807, 2.05) is 25.7 Å². The standard InChI is InChI=1S/C19H27ClFN3O3/c1-19(2,3)27-18(26)22-11-13-6-8-24(9-7-13)12-17(25)23-16-10-14(20)4-5-15(16)21/h4-5,10,13H,6-9,11-12H2,1-3H3,(H,22,26)(H,23,25). The van der Waals surface area contributed by atoms with Gasteiger partial charge in [0, 0.05) is 11.6 Å². The average molecular weight is 400 g/mol. The lowest BCUT2D eigenvalue weighted by Gasteiger charge is -2.31. The van der Waals surface area contributed by atoms with Gasteiger partial charge in [0.25, 0.3) is 0 Å². The number of rotatable bonds is 5. The molecule has 0 saturated carbocycles. The Morgan fingerprint density at radius 3 is 2.59 bits per heavy atom. The van der Waals surface area contributed by atoms with E-state index in [0.717, 1.165) is 25.9 Å². The van der Waals surface area contributed by atoms with Crippen LogP contribution >= 0.6 is 11.6 Å². The van der Waals surface area contributed by atoms with Crippen molar-refractivity contribution in [2.45, 2.75) is 39.2 Å². The zero-order valence-corrected chi connectivity index (χ0v) is 16.7. The van der Waals surface area contributed by atoms with Crippen molar-refractivity contribution in [3.8, 4) is 0 Å². The maximum Gasteiger partial charge on any atom is 0.407 e. The van der Waals surface area contributed by atoms with E-state index >= 15 is 0 Å². The predicted molar refractivity (Wildman–Crippen MR) is 103 cm³/mol. The van der Waals surface area contributed by atoms with Crippen LogP contribution in [0.4, 0.5) is 14.9 Å². The summed E-state index contributed by atoms with van der Waals surface area (Å²) in [5, 5.41) is 5.72. The third kappa shape index (κ3) is 7.72. The highest BCUT2D eigenvalue weighted by Gasteiger charge is 2.23. The van der Waals surface area contributed by atoms with Crippen LogP contribution in [0.5, 0.6) is 0 Å². The van der Waals surface area contributed by atoms with Crippen LogP contribution in [0, 0.1) is 11.7 Å². The van der Waals surface area contributed by atoms with Crippen molar-refractivity contribution < 1.29 is 18.7 Å². The Hall–Kier alpha value is -1.86. The van der Waals surface area contributed by atoms with Gasteiger partial charge < -0.3 is 15.4 Å². The highest BCUT2D eigenvalue weighted by atomic mass is 35.5. The van der Waals surface area contributed by atoms with Crippen LogP contribution in [0.2, 0.25) is 5.02 Å². The fourth-order valence-electron chi connectivity index (χ4n) is 2.88. The molecule has 2 rings (SSSR count). The van der Waals surface area contributed by atoms with Crippen LogP contribution in [-0.2, 0) is 9.53 Å². The molecule has 1 aliphatic rings. The number of nitrogens with zero attached hydrogens (tertiary/aromatic N) is 1. The molecule has 0 radical (unpaired) electrons. The largest absolute Gasteiger partial charge is 0.444 e. The minimum Gasteiger partial charge on any atom is -0.444 e. The van der Waals surface area contributed by atoms with Gasteiger partial charge >= 0.3 is 6.09 Å². The Morgan fingerprint density at radius 1 is 1.30 bits per heavy atom. The minimum absolute atomic E-state index is 0.0870. The first-order chi connectivity index (χ1) is 12.6. The average Bonchev–Trinajstić information content (AvgIpc) is 2.56. The van der Waals surface area contributed by atoms with Gasteiger partial charge in [0.2, 0.25) is 5.91 Å². The van der Waals surface area contributed by atoms with E-state index in [9.17, 15) is 14.0 Å². The number of hydrogen-bond donors (Lipinski definition) is 2. The summed E-state index contributed by atoms with van der Waals surface area (Å²) in [5.74, 6) is -0.441. The SMILES string of the molecule is CC(C)(C)OC(=O)NCC1CCN(CC(=O)Nc2cc(Cl)ccc2F)CC1. The highest BCUT2D eigenvalue weighted by molar-refractivity contribution is 6.30. The van der Waals surface area contributed by atoms with Crippen LogP contribution < -0.4 is 10.6 Å². The maximum absolute atomic E-state index is 13.7. The number of carbonyl (C=O) groups is 2. The molecule has 0 aliphatic carbocycles. The summed E-state index contributed by atoms with van der Waals surface area (Å²) in [5.41, 5.74) is -0.424. The molecule has 1 aromatic carbocycles. The van der Waals surface area contributed by atoms with E-state index < -0.39 is 17.5 Å². The topological polar surface area (TPSA) is 70.7 Å². The molecule has 0 spiro atoms. The smallest absolute Gasteiger partial charge is 0.407 e. The number of hydrogen-bond acceptors (Lipinski definition) is 4. The summed E-state index contributed by atoms with van der Waals surface area (Å²) in [7, 11) is 0. The van der Waals surface area contributed by atoms with Crippen LogP contribution in [0.25, 0.3) is 0 Å². The fraction of sp³-hybridized carbons (Fsp3) is 0.579. The van der Waals surface area contributed by atoms with Crippen LogP contribution in [0.15, 0.2) is 18.2 Å². The Labute approximate surface area is 164 Å². The molecule has 6 nitrogen and oxygen atoms in total. The lowest BCUT2D eigenvalue weighted by Crippen LogP contribution is -2.42. The van der Waals surface area contributed by atoms with Crippen molar-refractivity contribution in [2.75, 3.05) is 31.5 Å². The Kier molecular flexibility index (Phi) is 7.44. The summed E-state index contributed by atoms with van der Waals surface area (Å²) < 4.78 is 18.9. The summed E-state index contributed by atoms with van der Waals surface area (Å²) in [6.45, 7) is 7.71. The fourth-order valence-corrected chi connectivity index (χ4v) is 3.05. The molecule has 2 N–H and O–H groups in total. The maximum atomic E-state index is 13.7. The molecular formula is C19H27ClFN3O3. The van der Waals surface area contributed by atoms with E-state index in [0.29, 0.717) is 17.5 Å². The zero-order chi connectivity index (χ0) is 20.0. The van der Waals surface area contributed by atoms with E-state index in [1.165, 1.54) is 18.2 Å². The monoisotopic (exact) mass is 399 g/mol. The normalized spacial score (nSPS) is 16.0. The first kappa shape index (κ1) is 21.4. The molecule has 1 aromatic rings. The second-order valence-corrected chi connectivity index (χ2v) is 8.21. The molecule has 1 fully saturated rings. The predicted octanol–water partition coefficient (Wildman–Crippen LogP) is 3.65. The highest BCUT2D eigenvalue weighted by Crippen LogP contribution is 2.20. The molecule has 8 heteroatoms. The number of likely N-dealkylation sites (tertiary alicyclic amines) is 1. The summed E-state index contributed by atoms with van der Waals surface area (Å²) in [6, 6.07) is 4.05. The number of halogens is 2. The molecule has 2 amide bonds. The van der Waals surface area contributed by atoms with Crippen molar-refractivity contribution in [1.82, 2.24) is 10.2 Å². The molecule has 1 aliphatic heterocycles. The van der Waals surface area contributed by atoms with Gasteiger partial charge in [-0.05, 0) is 70.8 Å². The number of nitrogens with one attached hydrogen (secondary N) is 2. The lowest BCUT2D eigenvalue weighted by atomic mass is 9.97. The van der Waals surface area contributed by atoms with Gasteiger partial charge in [-0.15, -0.1) is 0 Å². The van der Waals surface area contributed by atoms with E-state index in [-0.39, 0.29) is 18.1 Å². The van der Waals surface area contributed by atoms with Gasteiger partial charge in [-0.25, -0.2) is 9.18 Å². The molecular weight excluding hydrogens is 373 g/mol. The Balaban J connectivity index is 1.70. The van der Waals surface area contributed by atoms with Gasteiger partial charge in [-0.1, -0.05) is 11.6 Å². The molecule has 1 heterocycles. The Morgan fingerprint density at radius 2 is 1.96 bits per heavy atom. The van der Waals surface area contributed by atoms with Gasteiger partial charge in [-0.3, -0.25) is 9.69 Å². The third-order valence-corrected chi connectivity index (χ3v) is 4.45. The van der Waals surface area contributed by atoms with Crippen LogP contribution in [0.3, 0.4) is 0 Å². The number of amides is 2. The number of carbonyl (C=O) groups excluding carboxylic acids is 2. The van der Waals surface area contributed by atoms with Crippen molar-refractivity contribution in [1.29, 1.82) is 0 Å². The van der Waals surface area contributed by atoms with Gasteiger partial charge in [0.05, 0.1) is 12.2 Å². The van der Waals surface area contributed by atoms with Gasteiger partial charge in [-0.2, -0.15) is 0 Å². The van der Waals surface area contributed by atoms with Crippen molar-refractivity contribution >= 4 is 29.3 Å².